The Bertz CT molecular complexity index is 939. The second-order valence-electron chi connectivity index (χ2n) is 7.05. The van der Waals surface area contributed by atoms with Gasteiger partial charge in [-0.05, 0) is 42.4 Å². The number of aromatic nitrogens is 2. The third-order valence-electron chi connectivity index (χ3n) is 5.18. The molecule has 144 valence electrons. The van der Waals surface area contributed by atoms with Crippen LogP contribution >= 0.6 is 11.8 Å². The molecular formula is C23H24N2O2S. The van der Waals surface area contributed by atoms with Crippen molar-refractivity contribution >= 4 is 17.5 Å². The second-order valence-corrected chi connectivity index (χ2v) is 7.92. The maximum absolute atomic E-state index is 12.4. The summed E-state index contributed by atoms with van der Waals surface area (Å²) in [5, 5.41) is 0. The molecule has 1 atom stereocenters. The Hall–Kier alpha value is -2.53. The molecule has 1 aromatic heterocycles. The third-order valence-corrected chi connectivity index (χ3v) is 5.76. The van der Waals surface area contributed by atoms with Crippen LogP contribution < -0.4 is 4.74 Å². The number of nitrogens with zero attached hydrogens (tertiary/aromatic N) is 2. The van der Waals surface area contributed by atoms with E-state index in [0.717, 1.165) is 35.5 Å². The van der Waals surface area contributed by atoms with Crippen LogP contribution in [0.15, 0.2) is 61.2 Å². The van der Waals surface area contributed by atoms with Crippen LogP contribution in [0.4, 0.5) is 0 Å². The predicted molar refractivity (Wildman–Crippen MR) is 113 cm³/mol. The first kappa shape index (κ1) is 18.8. The zero-order chi connectivity index (χ0) is 19.3. The van der Waals surface area contributed by atoms with Gasteiger partial charge in [-0.25, -0.2) is 4.98 Å². The Morgan fingerprint density at radius 2 is 2.04 bits per heavy atom. The van der Waals surface area contributed by atoms with Crippen molar-refractivity contribution in [3.8, 4) is 5.75 Å². The molecule has 0 saturated carbocycles. The zero-order valence-corrected chi connectivity index (χ0v) is 16.8. The number of carbonyl (C=O) groups is 1. The monoisotopic (exact) mass is 392 g/mol. The summed E-state index contributed by atoms with van der Waals surface area (Å²) < 4.78 is 8.62. The fourth-order valence-corrected chi connectivity index (χ4v) is 4.41. The topological polar surface area (TPSA) is 44.1 Å². The SMILES string of the molecule is CSCc1c(O[C@H](Cn2ccnc2)c2ccccc2)ccc2c1CCCC2=O. The van der Waals surface area contributed by atoms with E-state index in [-0.39, 0.29) is 11.9 Å². The molecule has 4 nitrogen and oxygen atoms in total. The van der Waals surface area contributed by atoms with Crippen LogP contribution in [-0.2, 0) is 18.7 Å². The molecule has 0 unspecified atom stereocenters. The van der Waals surface area contributed by atoms with Gasteiger partial charge < -0.3 is 9.30 Å². The predicted octanol–water partition coefficient (Wildman–Crippen LogP) is 5.09. The molecule has 2 aromatic carbocycles. The lowest BCUT2D eigenvalue weighted by atomic mass is 9.87. The summed E-state index contributed by atoms with van der Waals surface area (Å²) in [6, 6.07) is 14.2. The van der Waals surface area contributed by atoms with Crippen molar-refractivity contribution in [1.29, 1.82) is 0 Å². The van der Waals surface area contributed by atoms with Crippen molar-refractivity contribution in [1.82, 2.24) is 9.55 Å². The Morgan fingerprint density at radius 3 is 2.79 bits per heavy atom. The average molecular weight is 393 g/mol. The number of carbonyl (C=O) groups excluding carboxylic acids is 1. The zero-order valence-electron chi connectivity index (χ0n) is 16.0. The van der Waals surface area contributed by atoms with Crippen LogP contribution in [0.2, 0.25) is 0 Å². The number of hydrogen-bond acceptors (Lipinski definition) is 4. The molecule has 0 amide bonds. The quantitative estimate of drug-likeness (QED) is 0.562. The molecular weight excluding hydrogens is 368 g/mol. The van der Waals surface area contributed by atoms with E-state index in [1.54, 1.807) is 18.0 Å². The van der Waals surface area contributed by atoms with Gasteiger partial charge in [0.2, 0.25) is 0 Å². The molecule has 0 fully saturated rings. The Kier molecular flexibility index (Phi) is 5.81. The molecule has 0 aliphatic heterocycles. The van der Waals surface area contributed by atoms with Gasteiger partial charge in [0.15, 0.2) is 5.78 Å². The fourth-order valence-electron chi connectivity index (χ4n) is 3.81. The van der Waals surface area contributed by atoms with Crippen molar-refractivity contribution in [2.75, 3.05) is 6.26 Å². The number of benzene rings is 2. The molecule has 5 heteroatoms. The number of imidazole rings is 1. The van der Waals surface area contributed by atoms with Crippen LogP contribution in [0.1, 0.15) is 46.0 Å². The molecule has 1 heterocycles. The van der Waals surface area contributed by atoms with E-state index < -0.39 is 0 Å². The van der Waals surface area contributed by atoms with E-state index in [4.69, 9.17) is 4.74 Å². The largest absolute Gasteiger partial charge is 0.484 e. The highest BCUT2D eigenvalue weighted by Gasteiger charge is 2.24. The smallest absolute Gasteiger partial charge is 0.163 e. The summed E-state index contributed by atoms with van der Waals surface area (Å²) in [5.41, 5.74) is 4.36. The maximum Gasteiger partial charge on any atom is 0.163 e. The van der Waals surface area contributed by atoms with Crippen molar-refractivity contribution in [3.05, 3.63) is 83.4 Å². The van der Waals surface area contributed by atoms with Gasteiger partial charge >= 0.3 is 0 Å². The Balaban J connectivity index is 1.70. The van der Waals surface area contributed by atoms with Crippen LogP contribution in [0.25, 0.3) is 0 Å². The van der Waals surface area contributed by atoms with Gasteiger partial charge in [0.1, 0.15) is 11.9 Å². The Labute approximate surface area is 169 Å². The van der Waals surface area contributed by atoms with Gasteiger partial charge in [-0.15, -0.1) is 0 Å². The average Bonchev–Trinajstić information content (AvgIpc) is 3.23. The molecule has 0 N–H and O–H groups in total. The number of rotatable bonds is 7. The van der Waals surface area contributed by atoms with E-state index in [9.17, 15) is 4.79 Å². The lowest BCUT2D eigenvalue weighted by Crippen LogP contribution is -2.18. The molecule has 1 aliphatic carbocycles. The van der Waals surface area contributed by atoms with E-state index in [0.29, 0.717) is 13.0 Å². The molecule has 1 aliphatic rings. The van der Waals surface area contributed by atoms with Crippen LogP contribution in [-0.4, -0.2) is 21.6 Å². The summed E-state index contributed by atoms with van der Waals surface area (Å²) in [6.07, 6.45) is 10.0. The van der Waals surface area contributed by atoms with Gasteiger partial charge in [0.05, 0.1) is 12.9 Å². The van der Waals surface area contributed by atoms with Gasteiger partial charge in [-0.1, -0.05) is 30.3 Å². The van der Waals surface area contributed by atoms with Crippen LogP contribution in [0.5, 0.6) is 5.75 Å². The number of Topliss-reactive ketones (excluding diaryl/α,β-unsaturated/α-hetero) is 1. The summed E-state index contributed by atoms with van der Waals surface area (Å²) in [5.74, 6) is 1.99. The molecule has 3 aromatic rings. The first-order valence-electron chi connectivity index (χ1n) is 9.60. The highest BCUT2D eigenvalue weighted by molar-refractivity contribution is 7.97. The van der Waals surface area contributed by atoms with Gasteiger partial charge in [-0.3, -0.25) is 4.79 Å². The van der Waals surface area contributed by atoms with E-state index in [1.807, 2.05) is 47.4 Å². The molecule has 0 radical (unpaired) electrons. The minimum absolute atomic E-state index is 0.131. The first-order chi connectivity index (χ1) is 13.8. The highest BCUT2D eigenvalue weighted by Crippen LogP contribution is 2.36. The minimum atomic E-state index is -0.131. The van der Waals surface area contributed by atoms with E-state index in [2.05, 4.69) is 23.4 Å². The molecule has 0 bridgehead atoms. The third kappa shape index (κ3) is 3.99. The van der Waals surface area contributed by atoms with Crippen LogP contribution in [0.3, 0.4) is 0 Å². The number of hydrogen-bond donors (Lipinski definition) is 0. The van der Waals surface area contributed by atoms with Gasteiger partial charge in [-0.2, -0.15) is 11.8 Å². The van der Waals surface area contributed by atoms with Crippen molar-refractivity contribution in [2.24, 2.45) is 0 Å². The van der Waals surface area contributed by atoms with E-state index >= 15 is 0 Å². The number of thioether (sulfide) groups is 1. The first-order valence-corrected chi connectivity index (χ1v) is 11.0. The summed E-state index contributed by atoms with van der Waals surface area (Å²) >= 11 is 1.76. The number of ketones is 1. The number of fused-ring (bicyclic) bond motifs is 1. The molecule has 28 heavy (non-hydrogen) atoms. The van der Waals surface area contributed by atoms with E-state index in [1.165, 1.54) is 11.1 Å². The van der Waals surface area contributed by atoms with Gasteiger partial charge in [0.25, 0.3) is 0 Å². The normalized spacial score (nSPS) is 14.5. The highest BCUT2D eigenvalue weighted by atomic mass is 32.2. The number of ether oxygens (including phenoxy) is 1. The lowest BCUT2D eigenvalue weighted by Gasteiger charge is -2.25. The molecule has 4 rings (SSSR count). The van der Waals surface area contributed by atoms with Gasteiger partial charge in [0, 0.05) is 35.7 Å². The Morgan fingerprint density at radius 1 is 1.18 bits per heavy atom. The molecule has 0 spiro atoms. The maximum atomic E-state index is 12.4. The summed E-state index contributed by atoms with van der Waals surface area (Å²) in [6.45, 7) is 0.679. The lowest BCUT2D eigenvalue weighted by molar-refractivity contribution is 0.0972. The molecule has 0 saturated heterocycles. The standard InChI is InChI=1S/C23H24N2O2S/c1-28-15-20-18-8-5-9-21(26)19(18)10-11-22(20)27-23(14-25-13-12-24-16-25)17-6-3-2-4-7-17/h2-4,6-7,10-13,16,23H,5,8-9,14-15H2,1H3/t23-/m1/s1. The van der Waals surface area contributed by atoms with Crippen molar-refractivity contribution in [2.45, 2.75) is 37.7 Å². The minimum Gasteiger partial charge on any atom is -0.484 e. The summed E-state index contributed by atoms with van der Waals surface area (Å²) in [4.78, 5) is 16.5. The van der Waals surface area contributed by atoms with Crippen LogP contribution in [0, 0.1) is 0 Å². The second kappa shape index (κ2) is 8.65. The van der Waals surface area contributed by atoms with Crippen molar-refractivity contribution < 1.29 is 9.53 Å². The fraction of sp³-hybridized carbons (Fsp3) is 0.304. The van der Waals surface area contributed by atoms with Crippen molar-refractivity contribution in [3.63, 3.8) is 0 Å². The summed E-state index contributed by atoms with van der Waals surface area (Å²) in [7, 11) is 0.